The molecule has 3 aromatic rings. The molecule has 530 valence electrons. The van der Waals surface area contributed by atoms with Gasteiger partial charge in [0.15, 0.2) is 41.3 Å². The van der Waals surface area contributed by atoms with E-state index in [1.165, 1.54) is 44.4 Å². The Kier molecular flexibility index (Phi) is 27.4. The number of benzene rings is 3. The highest BCUT2D eigenvalue weighted by Crippen LogP contribution is 2.52. The maximum atomic E-state index is 14.4. The van der Waals surface area contributed by atoms with Crippen molar-refractivity contribution in [2.24, 2.45) is 38.8 Å². The van der Waals surface area contributed by atoms with Crippen molar-refractivity contribution in [1.82, 2.24) is 31.9 Å². The van der Waals surface area contributed by atoms with Gasteiger partial charge in [-0.2, -0.15) is 0 Å². The smallest absolute Gasteiger partial charge is 0.243 e. The van der Waals surface area contributed by atoms with Crippen LogP contribution in [0, 0.1) is 5.92 Å². The van der Waals surface area contributed by atoms with E-state index in [2.05, 4.69) is 41.9 Å². The number of hydrogen-bond acceptors (Lipinski definition) is 23. The number of nitrogens with zero attached hydrogens (tertiary/aromatic N) is 2. The summed E-state index contributed by atoms with van der Waals surface area (Å²) in [4.78, 5) is 155. The Balaban J connectivity index is 0.983. The number of aromatic hydroxyl groups is 2. The SMILES string of the molecule is COc1cccc2c1C(=O)c1c(O)c3c(c(O)c1C2=O)CC(O)(C(=O)CO)CC3OC1CC(NC(=O)CNC(=O)C(CCCN=C(N)N)NC(=O)C(CCCN=C(N)N)NC(=O)C(Cc2ccccc2)NC(=O)CCOCCOCCNC(=O)CCC2C(=O)C=CC2=O)C(O)C(C)O1. The standard InChI is InChI=1S/C65H84N12O21/c1-33-55(85)40(28-50(97-33)98-45-30-65(93,46(81)32-78)29-37-52(45)59(89)54-53(57(37)87)56(86)36-11-6-14-44(94-2)51(36)58(54)88)74-49(84)31-73-60(90)38(12-7-20-71-63(66)67)76-61(91)39(13-8-21-72-64(68)69)77-62(92)41(27-34-9-4-3-5-10-34)75-48(83)19-23-95-25-26-96-24-22-70-47(82)18-15-35-42(79)16-17-43(35)80/h3-6,9-11,14,16-17,33,35,38-41,45,50,55,78,85,87,89,93H,7-8,12-13,15,18-32H2,1-2H3,(H,70,82)(H,73,90)(H,74,84)(H,75,83)(H,76,91)(H,77,92)(H4,66,67,71)(H4,68,69,72). The lowest BCUT2D eigenvalue weighted by Gasteiger charge is -2.43. The van der Waals surface area contributed by atoms with E-state index >= 15 is 0 Å². The van der Waals surface area contributed by atoms with Crippen LogP contribution >= 0.6 is 0 Å². The Bertz CT molecular complexity index is 3540. The summed E-state index contributed by atoms with van der Waals surface area (Å²) in [7, 11) is 1.26. The second-order valence-corrected chi connectivity index (χ2v) is 23.8. The number of rotatable bonds is 36. The van der Waals surface area contributed by atoms with Gasteiger partial charge in [0.2, 0.25) is 41.2 Å². The highest BCUT2D eigenvalue weighted by atomic mass is 16.7. The molecular formula is C65H84N12O21. The summed E-state index contributed by atoms with van der Waals surface area (Å²) in [6.45, 7) is -0.102. The van der Waals surface area contributed by atoms with Crippen molar-refractivity contribution < 1.29 is 102 Å². The summed E-state index contributed by atoms with van der Waals surface area (Å²) >= 11 is 0. The van der Waals surface area contributed by atoms with Crippen molar-refractivity contribution in [2.75, 3.05) is 66.3 Å². The quantitative estimate of drug-likeness (QED) is 0.00698. The molecule has 1 aliphatic heterocycles. The molecule has 3 aromatic carbocycles. The maximum absolute atomic E-state index is 14.4. The fraction of sp³-hybridized carbons (Fsp3) is 0.492. The minimum atomic E-state index is -2.48. The average Bonchev–Trinajstić information content (AvgIpc) is 0.952. The normalized spacial score (nSPS) is 20.3. The molecule has 1 fully saturated rings. The number of phenolic OH excluding ortho intramolecular Hbond substituents is 2. The van der Waals surface area contributed by atoms with E-state index in [1.54, 1.807) is 30.3 Å². The van der Waals surface area contributed by atoms with E-state index in [0.717, 1.165) is 0 Å². The summed E-state index contributed by atoms with van der Waals surface area (Å²) in [6.07, 6.45) is -5.21. The zero-order valence-corrected chi connectivity index (χ0v) is 54.1. The molecule has 33 nitrogen and oxygen atoms in total. The third kappa shape index (κ3) is 19.9. The van der Waals surface area contributed by atoms with Crippen LogP contribution in [0.25, 0.3) is 0 Å². The highest BCUT2D eigenvalue weighted by molar-refractivity contribution is 6.31. The van der Waals surface area contributed by atoms with Gasteiger partial charge in [-0.1, -0.05) is 42.5 Å². The fourth-order valence-electron chi connectivity index (χ4n) is 11.8. The second-order valence-electron chi connectivity index (χ2n) is 23.8. The van der Waals surface area contributed by atoms with E-state index in [0.29, 0.717) is 5.56 Å². The molecule has 1 heterocycles. The number of carbonyl (C=O) groups is 11. The molecule has 7 rings (SSSR count). The van der Waals surface area contributed by atoms with Gasteiger partial charge in [-0.15, -0.1) is 0 Å². The molecule has 98 heavy (non-hydrogen) atoms. The summed E-state index contributed by atoms with van der Waals surface area (Å²) in [5.74, 6) is -10.9. The van der Waals surface area contributed by atoms with Gasteiger partial charge < -0.3 is 104 Å². The number of aliphatic hydroxyl groups is 3. The van der Waals surface area contributed by atoms with Crippen LogP contribution in [0.2, 0.25) is 0 Å². The first kappa shape index (κ1) is 75.6. The van der Waals surface area contributed by atoms with E-state index in [4.69, 9.17) is 46.6 Å². The van der Waals surface area contributed by atoms with Gasteiger partial charge in [0.05, 0.1) is 80.9 Å². The Morgan fingerprint density at radius 3 is 1.97 bits per heavy atom. The first-order valence-corrected chi connectivity index (χ1v) is 31.8. The van der Waals surface area contributed by atoms with Gasteiger partial charge in [-0.25, -0.2) is 0 Å². The lowest BCUT2D eigenvalue weighted by molar-refractivity contribution is -0.249. The lowest BCUT2D eigenvalue weighted by Crippen LogP contribution is -2.58. The molecule has 9 atom stereocenters. The number of aliphatic hydroxyl groups excluding tert-OH is 2. The number of carbonyl (C=O) groups excluding carboxylic acids is 11. The number of ether oxygens (including phenoxy) is 5. The number of ketones is 5. The van der Waals surface area contributed by atoms with Gasteiger partial charge >= 0.3 is 0 Å². The number of guanidine groups is 2. The predicted molar refractivity (Wildman–Crippen MR) is 346 cm³/mol. The maximum Gasteiger partial charge on any atom is 0.243 e. The van der Waals surface area contributed by atoms with Crippen LogP contribution in [0.15, 0.2) is 70.7 Å². The van der Waals surface area contributed by atoms with Crippen LogP contribution in [0.3, 0.4) is 0 Å². The number of hydrogen-bond donors (Lipinski definition) is 15. The van der Waals surface area contributed by atoms with Gasteiger partial charge in [0.1, 0.15) is 53.7 Å². The van der Waals surface area contributed by atoms with Crippen LogP contribution in [0.4, 0.5) is 0 Å². The molecule has 6 amide bonds. The van der Waals surface area contributed by atoms with Crippen molar-refractivity contribution in [3.05, 3.63) is 99.6 Å². The van der Waals surface area contributed by atoms with E-state index in [-0.39, 0.29) is 161 Å². The molecule has 0 bridgehead atoms. The number of amides is 6. The largest absolute Gasteiger partial charge is 0.507 e. The molecule has 3 aliphatic carbocycles. The number of nitrogens with one attached hydrogen (secondary N) is 6. The molecule has 19 N–H and O–H groups in total. The van der Waals surface area contributed by atoms with Crippen molar-refractivity contribution in [3.63, 3.8) is 0 Å². The Morgan fingerprint density at radius 2 is 1.34 bits per heavy atom. The van der Waals surface area contributed by atoms with Crippen molar-refractivity contribution in [3.8, 4) is 17.2 Å². The molecular weight excluding hydrogens is 1280 g/mol. The Labute approximate surface area is 562 Å². The Morgan fingerprint density at radius 1 is 0.714 bits per heavy atom. The number of methoxy groups -OCH3 is 1. The first-order chi connectivity index (χ1) is 46.7. The van der Waals surface area contributed by atoms with Gasteiger partial charge in [-0.3, -0.25) is 62.7 Å². The minimum absolute atomic E-state index is 0.00400. The van der Waals surface area contributed by atoms with Crippen molar-refractivity contribution >= 4 is 76.3 Å². The number of aliphatic imine (C=N–C) groups is 2. The third-order valence-electron chi connectivity index (χ3n) is 16.8. The summed E-state index contributed by atoms with van der Waals surface area (Å²) in [5, 5.41) is 72.6. The first-order valence-electron chi connectivity index (χ1n) is 31.8. The molecule has 0 aromatic heterocycles. The predicted octanol–water partition coefficient (Wildman–Crippen LogP) is -3.28. The lowest BCUT2D eigenvalue weighted by atomic mass is 9.72. The van der Waals surface area contributed by atoms with E-state index in [1.807, 2.05) is 0 Å². The van der Waals surface area contributed by atoms with Crippen molar-refractivity contribution in [1.29, 1.82) is 0 Å². The van der Waals surface area contributed by atoms with Crippen LogP contribution in [-0.2, 0) is 74.9 Å². The minimum Gasteiger partial charge on any atom is -0.507 e. The van der Waals surface area contributed by atoms with Crippen LogP contribution in [-0.4, -0.2) is 216 Å². The molecule has 4 aliphatic rings. The molecule has 0 saturated carbocycles. The molecule has 33 heteroatoms. The summed E-state index contributed by atoms with van der Waals surface area (Å²) in [5.41, 5.74) is 18.1. The summed E-state index contributed by atoms with van der Waals surface area (Å²) in [6, 6.07) is 7.56. The summed E-state index contributed by atoms with van der Waals surface area (Å²) < 4.78 is 28.7. The Hall–Kier alpha value is -9.77. The molecule has 0 radical (unpaired) electrons. The topological polar surface area (TPSA) is 536 Å². The molecule has 9 unspecified atom stereocenters. The highest BCUT2D eigenvalue weighted by Gasteiger charge is 2.51. The van der Waals surface area contributed by atoms with Crippen molar-refractivity contribution in [2.45, 2.75) is 132 Å². The monoisotopic (exact) mass is 1370 g/mol. The second kappa shape index (κ2) is 35.5. The number of allylic oxidation sites excluding steroid dienone is 2. The molecule has 0 spiro atoms. The fourth-order valence-corrected chi connectivity index (χ4v) is 11.8. The molecule has 1 saturated heterocycles. The van der Waals surface area contributed by atoms with Gasteiger partial charge in [0.25, 0.3) is 0 Å². The average molecular weight is 1370 g/mol. The number of fused-ring (bicyclic) bond motifs is 3. The van der Waals surface area contributed by atoms with Crippen LogP contribution in [0.1, 0.15) is 119 Å². The zero-order valence-electron chi connectivity index (χ0n) is 54.1. The van der Waals surface area contributed by atoms with Crippen LogP contribution in [0.5, 0.6) is 17.2 Å². The third-order valence-corrected chi connectivity index (χ3v) is 16.8. The van der Waals surface area contributed by atoms with Gasteiger partial charge in [0, 0.05) is 74.8 Å². The van der Waals surface area contributed by atoms with Crippen LogP contribution < -0.4 is 59.6 Å². The zero-order chi connectivity index (χ0) is 71.4. The number of Topliss-reactive ketones (excluding diaryl/α,β-unsaturated/α-hetero) is 1. The number of phenols is 2. The van der Waals surface area contributed by atoms with E-state index in [9.17, 15) is 78.3 Å². The number of nitrogens with two attached hydrogens (primary N) is 4. The van der Waals surface area contributed by atoms with E-state index < -0.39 is 156 Å². The van der Waals surface area contributed by atoms with Gasteiger partial charge in [-0.05, 0) is 62.8 Å².